The van der Waals surface area contributed by atoms with Gasteiger partial charge in [-0.1, -0.05) is 17.8 Å². The third-order valence-electron chi connectivity index (χ3n) is 2.41. The third kappa shape index (κ3) is 3.25. The summed E-state index contributed by atoms with van der Waals surface area (Å²) < 4.78 is 6.20. The second-order valence-corrected chi connectivity index (χ2v) is 5.57. The Morgan fingerprint density at radius 1 is 1.33 bits per heavy atom. The van der Waals surface area contributed by atoms with Crippen LogP contribution in [0.3, 0.4) is 0 Å². The number of hydrogen-bond acceptors (Lipinski definition) is 4. The summed E-state index contributed by atoms with van der Waals surface area (Å²) in [6, 6.07) is 9.82. The minimum atomic E-state index is 0.503. The maximum atomic E-state index is 5.74. The molecule has 5 heteroatoms. The number of methoxy groups -OCH3 is 1. The van der Waals surface area contributed by atoms with Crippen molar-refractivity contribution in [2.24, 2.45) is 5.73 Å². The molecule has 0 aliphatic carbocycles. The lowest BCUT2D eigenvalue weighted by atomic mass is 10.2. The van der Waals surface area contributed by atoms with Gasteiger partial charge in [0.15, 0.2) is 0 Å². The lowest BCUT2D eigenvalue weighted by molar-refractivity contribution is 0.413. The van der Waals surface area contributed by atoms with Crippen LogP contribution < -0.4 is 10.5 Å². The van der Waals surface area contributed by atoms with Crippen LogP contribution in [0.1, 0.15) is 5.56 Å². The first-order chi connectivity index (χ1) is 8.72. The number of nitrogens with zero attached hydrogens (tertiary/aromatic N) is 1. The molecule has 18 heavy (non-hydrogen) atoms. The van der Waals surface area contributed by atoms with E-state index in [9.17, 15) is 0 Å². The molecule has 0 radical (unpaired) electrons. The van der Waals surface area contributed by atoms with Gasteiger partial charge in [-0.15, -0.1) is 0 Å². The number of rotatable bonds is 4. The second-order valence-electron chi connectivity index (χ2n) is 3.59. The van der Waals surface area contributed by atoms with Crippen molar-refractivity contribution in [2.75, 3.05) is 7.11 Å². The number of pyridine rings is 1. The van der Waals surface area contributed by atoms with Crippen molar-refractivity contribution in [2.45, 2.75) is 16.5 Å². The molecule has 0 fully saturated rings. The summed E-state index contributed by atoms with van der Waals surface area (Å²) in [5.74, 6) is 0.826. The van der Waals surface area contributed by atoms with Crippen LogP contribution in [0.15, 0.2) is 50.9 Å². The number of ether oxygens (including phenoxy) is 1. The Labute approximate surface area is 119 Å². The molecule has 0 spiro atoms. The number of benzene rings is 1. The fourth-order valence-electron chi connectivity index (χ4n) is 1.46. The zero-order valence-electron chi connectivity index (χ0n) is 9.89. The second kappa shape index (κ2) is 6.22. The van der Waals surface area contributed by atoms with E-state index in [0.29, 0.717) is 6.54 Å². The molecule has 0 unspecified atom stereocenters. The van der Waals surface area contributed by atoms with Crippen molar-refractivity contribution in [1.82, 2.24) is 4.98 Å². The van der Waals surface area contributed by atoms with Gasteiger partial charge < -0.3 is 10.5 Å². The number of aromatic nitrogens is 1. The van der Waals surface area contributed by atoms with Crippen LogP contribution in [-0.2, 0) is 6.54 Å². The molecule has 0 saturated heterocycles. The van der Waals surface area contributed by atoms with E-state index in [-0.39, 0.29) is 0 Å². The third-order valence-corrected chi connectivity index (χ3v) is 3.93. The van der Waals surface area contributed by atoms with E-state index in [0.717, 1.165) is 25.7 Å². The average Bonchev–Trinajstić information content (AvgIpc) is 2.41. The molecule has 2 N–H and O–H groups in total. The highest BCUT2D eigenvalue weighted by Crippen LogP contribution is 2.32. The fourth-order valence-corrected chi connectivity index (χ4v) is 2.62. The van der Waals surface area contributed by atoms with Crippen LogP contribution >= 0.6 is 27.7 Å². The van der Waals surface area contributed by atoms with E-state index in [1.807, 2.05) is 30.3 Å². The standard InChI is InChI=1S/C13H13BrN2OS/c1-17-11-4-2-9(7-15)12(6-11)18-13-5-3-10(14)8-16-13/h2-6,8H,7,15H2,1H3. The molecule has 0 amide bonds. The Bertz CT molecular complexity index is 531. The summed E-state index contributed by atoms with van der Waals surface area (Å²) in [5, 5.41) is 0.932. The first-order valence-electron chi connectivity index (χ1n) is 5.39. The normalized spacial score (nSPS) is 10.4. The van der Waals surface area contributed by atoms with Gasteiger partial charge in [-0.2, -0.15) is 0 Å². The van der Waals surface area contributed by atoms with Gasteiger partial charge in [0, 0.05) is 22.1 Å². The Kier molecular flexibility index (Phi) is 4.63. The number of hydrogen-bond donors (Lipinski definition) is 1. The van der Waals surface area contributed by atoms with Crippen LogP contribution in [0.25, 0.3) is 0 Å². The lowest BCUT2D eigenvalue weighted by Crippen LogP contribution is -1.98. The van der Waals surface area contributed by atoms with E-state index in [2.05, 4.69) is 20.9 Å². The predicted molar refractivity (Wildman–Crippen MR) is 76.9 cm³/mol. The SMILES string of the molecule is COc1ccc(CN)c(Sc2ccc(Br)cn2)c1. The molecule has 0 atom stereocenters. The Morgan fingerprint density at radius 3 is 2.78 bits per heavy atom. The minimum Gasteiger partial charge on any atom is -0.497 e. The predicted octanol–water partition coefficient (Wildman–Crippen LogP) is 3.46. The molecule has 0 bridgehead atoms. The molecule has 94 valence electrons. The Hall–Kier alpha value is -1.04. The van der Waals surface area contributed by atoms with Crippen molar-refractivity contribution in [3.8, 4) is 5.75 Å². The fraction of sp³-hybridized carbons (Fsp3) is 0.154. The van der Waals surface area contributed by atoms with Gasteiger partial charge in [0.25, 0.3) is 0 Å². The van der Waals surface area contributed by atoms with Crippen LogP contribution in [-0.4, -0.2) is 12.1 Å². The van der Waals surface area contributed by atoms with Crippen LogP contribution in [0.5, 0.6) is 5.75 Å². The largest absolute Gasteiger partial charge is 0.497 e. The number of nitrogens with two attached hydrogens (primary N) is 1. The van der Waals surface area contributed by atoms with Crippen molar-refractivity contribution in [3.63, 3.8) is 0 Å². The van der Waals surface area contributed by atoms with Gasteiger partial charge in [0.05, 0.1) is 7.11 Å². The first kappa shape index (κ1) is 13.4. The van der Waals surface area contributed by atoms with Crippen molar-refractivity contribution < 1.29 is 4.74 Å². The zero-order chi connectivity index (χ0) is 13.0. The highest BCUT2D eigenvalue weighted by Gasteiger charge is 2.06. The highest BCUT2D eigenvalue weighted by molar-refractivity contribution is 9.10. The zero-order valence-corrected chi connectivity index (χ0v) is 12.3. The summed E-state index contributed by atoms with van der Waals surface area (Å²) in [6.07, 6.45) is 1.78. The monoisotopic (exact) mass is 324 g/mol. The summed E-state index contributed by atoms with van der Waals surface area (Å²) >= 11 is 4.96. The van der Waals surface area contributed by atoms with Crippen molar-refractivity contribution in [3.05, 3.63) is 46.6 Å². The van der Waals surface area contributed by atoms with E-state index in [1.54, 1.807) is 25.1 Å². The molecule has 1 aromatic carbocycles. The Morgan fingerprint density at radius 2 is 2.17 bits per heavy atom. The first-order valence-corrected chi connectivity index (χ1v) is 7.00. The molecule has 0 saturated carbocycles. The Balaban J connectivity index is 2.29. The van der Waals surface area contributed by atoms with Crippen LogP contribution in [0, 0.1) is 0 Å². The van der Waals surface area contributed by atoms with Crippen molar-refractivity contribution >= 4 is 27.7 Å². The molecular formula is C13H13BrN2OS. The molecule has 0 aliphatic rings. The minimum absolute atomic E-state index is 0.503. The smallest absolute Gasteiger partial charge is 0.120 e. The summed E-state index contributed by atoms with van der Waals surface area (Å²) in [5.41, 5.74) is 6.83. The summed E-state index contributed by atoms with van der Waals surface area (Å²) in [6.45, 7) is 0.503. The summed E-state index contributed by atoms with van der Waals surface area (Å²) in [4.78, 5) is 5.41. The quantitative estimate of drug-likeness (QED) is 0.935. The molecule has 2 aromatic rings. The van der Waals surface area contributed by atoms with E-state index in [4.69, 9.17) is 10.5 Å². The van der Waals surface area contributed by atoms with Gasteiger partial charge in [0.1, 0.15) is 10.8 Å². The van der Waals surface area contributed by atoms with Gasteiger partial charge in [-0.3, -0.25) is 0 Å². The highest BCUT2D eigenvalue weighted by atomic mass is 79.9. The van der Waals surface area contributed by atoms with Gasteiger partial charge in [0.2, 0.25) is 0 Å². The van der Waals surface area contributed by atoms with E-state index in [1.165, 1.54) is 0 Å². The maximum Gasteiger partial charge on any atom is 0.120 e. The van der Waals surface area contributed by atoms with Crippen LogP contribution in [0.4, 0.5) is 0 Å². The van der Waals surface area contributed by atoms with Gasteiger partial charge >= 0.3 is 0 Å². The maximum absolute atomic E-state index is 5.74. The molecule has 0 aliphatic heterocycles. The van der Waals surface area contributed by atoms with E-state index >= 15 is 0 Å². The molecule has 2 rings (SSSR count). The summed E-state index contributed by atoms with van der Waals surface area (Å²) in [7, 11) is 1.66. The van der Waals surface area contributed by atoms with Gasteiger partial charge in [-0.25, -0.2) is 4.98 Å². The molecular weight excluding hydrogens is 312 g/mol. The average molecular weight is 325 g/mol. The molecule has 3 nitrogen and oxygen atoms in total. The lowest BCUT2D eigenvalue weighted by Gasteiger charge is -2.09. The van der Waals surface area contributed by atoms with Crippen LogP contribution in [0.2, 0.25) is 0 Å². The number of halogens is 1. The molecule has 1 aromatic heterocycles. The van der Waals surface area contributed by atoms with Crippen molar-refractivity contribution in [1.29, 1.82) is 0 Å². The molecule has 1 heterocycles. The van der Waals surface area contributed by atoms with Gasteiger partial charge in [-0.05, 0) is 45.8 Å². The topological polar surface area (TPSA) is 48.1 Å². The van der Waals surface area contributed by atoms with E-state index < -0.39 is 0 Å².